The highest BCUT2D eigenvalue weighted by molar-refractivity contribution is 7.98. The van der Waals surface area contributed by atoms with Gasteiger partial charge in [0.1, 0.15) is 11.5 Å². The van der Waals surface area contributed by atoms with E-state index >= 15 is 0 Å². The summed E-state index contributed by atoms with van der Waals surface area (Å²) in [6.45, 7) is 1.21. The van der Waals surface area contributed by atoms with Crippen LogP contribution < -0.4 is 14.8 Å². The second-order valence-electron chi connectivity index (χ2n) is 6.95. The molecule has 1 aromatic carbocycles. The summed E-state index contributed by atoms with van der Waals surface area (Å²) in [6, 6.07) is 9.00. The summed E-state index contributed by atoms with van der Waals surface area (Å²) in [6.07, 6.45) is 0. The van der Waals surface area contributed by atoms with Crippen molar-refractivity contribution >= 4 is 37.8 Å². The van der Waals surface area contributed by atoms with Gasteiger partial charge in [0.15, 0.2) is 0 Å². The van der Waals surface area contributed by atoms with E-state index in [-0.39, 0.29) is 15.8 Å². The first-order valence-electron chi connectivity index (χ1n) is 9.64. The molecular formula is C19H29N5O5S3. The van der Waals surface area contributed by atoms with E-state index in [9.17, 15) is 16.8 Å². The van der Waals surface area contributed by atoms with Gasteiger partial charge in [0.2, 0.25) is 16.0 Å². The topological polar surface area (TPSA) is 133 Å². The van der Waals surface area contributed by atoms with Crippen LogP contribution in [-0.4, -0.2) is 68.2 Å². The van der Waals surface area contributed by atoms with Crippen LogP contribution in [0.1, 0.15) is 11.5 Å². The van der Waals surface area contributed by atoms with Crippen molar-refractivity contribution in [3.8, 4) is 0 Å². The van der Waals surface area contributed by atoms with Gasteiger partial charge in [-0.15, -0.1) is 0 Å². The Labute approximate surface area is 194 Å². The average Bonchev–Trinajstić information content (AvgIpc) is 3.19. The lowest BCUT2D eigenvalue weighted by molar-refractivity contribution is 0.344. The van der Waals surface area contributed by atoms with Gasteiger partial charge in [0.25, 0.3) is 10.0 Å². The molecule has 0 saturated heterocycles. The van der Waals surface area contributed by atoms with Crippen LogP contribution in [0, 0.1) is 0 Å². The Balaban J connectivity index is 1.87. The van der Waals surface area contributed by atoms with Crippen LogP contribution in [0.3, 0.4) is 0 Å². The van der Waals surface area contributed by atoms with Gasteiger partial charge in [-0.2, -0.15) is 11.8 Å². The predicted molar refractivity (Wildman–Crippen MR) is 127 cm³/mol. The van der Waals surface area contributed by atoms with Crippen LogP contribution >= 0.6 is 11.8 Å². The number of sulfonamides is 2. The van der Waals surface area contributed by atoms with E-state index in [1.165, 1.54) is 32.3 Å². The smallest absolute Gasteiger partial charge is 0.264 e. The molecule has 2 aromatic rings. The van der Waals surface area contributed by atoms with Crippen LogP contribution in [0.15, 0.2) is 55.6 Å². The average molecular weight is 504 g/mol. The fourth-order valence-electron chi connectivity index (χ4n) is 2.58. The Kier molecular flexibility index (Phi) is 9.58. The standard InChI is InChI=1S/C19H29N5O5S3/c1-20-19(22-10-11-30-14-16-9-8-15(29-16)13-24(3)4)23-32(27,28)18-7-5-6-17(12-18)31(25,26)21-2/h5-9,12,21H,10-11,13-14H2,1-4H3,(H2,20,22,23). The minimum Gasteiger partial charge on any atom is -0.464 e. The summed E-state index contributed by atoms with van der Waals surface area (Å²) in [4.78, 5) is 5.63. The van der Waals surface area contributed by atoms with Crippen molar-refractivity contribution in [2.45, 2.75) is 22.1 Å². The van der Waals surface area contributed by atoms with Crippen molar-refractivity contribution in [3.05, 3.63) is 47.9 Å². The van der Waals surface area contributed by atoms with Gasteiger partial charge in [-0.25, -0.2) is 26.3 Å². The molecule has 0 amide bonds. The maximum atomic E-state index is 12.7. The Hall–Kier alpha value is -2.06. The van der Waals surface area contributed by atoms with Gasteiger partial charge >= 0.3 is 0 Å². The largest absolute Gasteiger partial charge is 0.464 e. The molecular weight excluding hydrogens is 474 g/mol. The number of benzene rings is 1. The van der Waals surface area contributed by atoms with E-state index in [4.69, 9.17) is 4.42 Å². The third kappa shape index (κ3) is 7.81. The summed E-state index contributed by atoms with van der Waals surface area (Å²) in [5.41, 5.74) is 0. The van der Waals surface area contributed by atoms with Crippen LogP contribution in [0.5, 0.6) is 0 Å². The van der Waals surface area contributed by atoms with Gasteiger partial charge in [0, 0.05) is 19.3 Å². The number of furan rings is 1. The molecule has 1 aromatic heterocycles. The van der Waals surface area contributed by atoms with Crippen molar-refractivity contribution < 1.29 is 21.3 Å². The van der Waals surface area contributed by atoms with Crippen LogP contribution in [0.25, 0.3) is 0 Å². The van der Waals surface area contributed by atoms with Crippen molar-refractivity contribution in [2.24, 2.45) is 4.99 Å². The minimum absolute atomic E-state index is 0.0683. The maximum Gasteiger partial charge on any atom is 0.264 e. The summed E-state index contributed by atoms with van der Waals surface area (Å²) in [5, 5.41) is 2.94. The lowest BCUT2D eigenvalue weighted by Gasteiger charge is -2.13. The summed E-state index contributed by atoms with van der Waals surface area (Å²) in [5.74, 6) is 3.25. The highest BCUT2D eigenvalue weighted by Gasteiger charge is 2.20. The molecule has 13 heteroatoms. The number of rotatable bonds is 11. The van der Waals surface area contributed by atoms with Crippen molar-refractivity contribution in [1.29, 1.82) is 0 Å². The molecule has 0 bridgehead atoms. The van der Waals surface area contributed by atoms with Gasteiger partial charge in [-0.1, -0.05) is 6.07 Å². The summed E-state index contributed by atoms with van der Waals surface area (Å²) in [7, 11) is -1.12. The van der Waals surface area contributed by atoms with E-state index < -0.39 is 20.0 Å². The maximum absolute atomic E-state index is 12.7. The molecule has 0 aliphatic carbocycles. The number of guanidine groups is 1. The molecule has 1 heterocycles. The van der Waals surface area contributed by atoms with Crippen molar-refractivity contribution in [3.63, 3.8) is 0 Å². The minimum atomic E-state index is -4.02. The third-order valence-electron chi connectivity index (χ3n) is 4.12. The quantitative estimate of drug-likeness (QED) is 0.235. The van der Waals surface area contributed by atoms with E-state index in [2.05, 4.69) is 19.8 Å². The van der Waals surface area contributed by atoms with Gasteiger partial charge < -0.3 is 14.6 Å². The molecule has 178 valence electrons. The number of nitrogens with one attached hydrogen (secondary N) is 3. The van der Waals surface area contributed by atoms with E-state index in [1.807, 2.05) is 31.1 Å². The predicted octanol–water partition coefficient (Wildman–Crippen LogP) is 1.04. The first-order valence-corrected chi connectivity index (χ1v) is 13.8. The molecule has 0 radical (unpaired) electrons. The lowest BCUT2D eigenvalue weighted by atomic mass is 10.4. The summed E-state index contributed by atoms with van der Waals surface area (Å²) >= 11 is 1.64. The number of aliphatic imine (C=N–C) groups is 1. The first kappa shape index (κ1) is 26.2. The first-order chi connectivity index (χ1) is 15.1. The Bertz CT molecular complexity index is 1130. The molecule has 0 fully saturated rings. The van der Waals surface area contributed by atoms with Gasteiger partial charge in [0.05, 0.1) is 22.1 Å². The second-order valence-corrected chi connectivity index (χ2v) is 11.6. The molecule has 32 heavy (non-hydrogen) atoms. The zero-order valence-electron chi connectivity index (χ0n) is 18.5. The Morgan fingerprint density at radius 2 is 1.72 bits per heavy atom. The third-order valence-corrected chi connectivity index (χ3v) is 7.85. The lowest BCUT2D eigenvalue weighted by Crippen LogP contribution is -2.41. The number of hydrogen-bond donors (Lipinski definition) is 3. The molecule has 10 nitrogen and oxygen atoms in total. The molecule has 0 atom stereocenters. The highest BCUT2D eigenvalue weighted by atomic mass is 32.2. The van der Waals surface area contributed by atoms with Gasteiger partial charge in [-0.05, 0) is 51.5 Å². The summed E-state index contributed by atoms with van der Waals surface area (Å²) < 4.78 is 59.4. The Morgan fingerprint density at radius 3 is 2.34 bits per heavy atom. The fourth-order valence-corrected chi connectivity index (χ4v) is 5.26. The van der Waals surface area contributed by atoms with Crippen LogP contribution in [-0.2, 0) is 32.3 Å². The number of thioether (sulfide) groups is 1. The molecule has 2 rings (SSSR count). The van der Waals surface area contributed by atoms with Crippen molar-refractivity contribution in [1.82, 2.24) is 19.7 Å². The molecule has 0 aliphatic rings. The van der Waals surface area contributed by atoms with Crippen molar-refractivity contribution in [2.75, 3.05) is 40.5 Å². The highest BCUT2D eigenvalue weighted by Crippen LogP contribution is 2.17. The second kappa shape index (κ2) is 11.7. The molecule has 0 saturated carbocycles. The molecule has 0 aliphatic heterocycles. The Morgan fingerprint density at radius 1 is 1.06 bits per heavy atom. The number of nitrogens with zero attached hydrogens (tertiary/aromatic N) is 2. The molecule has 0 unspecified atom stereocenters. The van der Waals surface area contributed by atoms with E-state index in [1.54, 1.807) is 11.8 Å². The van der Waals surface area contributed by atoms with E-state index in [0.29, 0.717) is 18.1 Å². The van der Waals surface area contributed by atoms with Crippen LogP contribution in [0.2, 0.25) is 0 Å². The fraction of sp³-hybridized carbons (Fsp3) is 0.421. The normalized spacial score (nSPS) is 12.8. The van der Waals surface area contributed by atoms with E-state index in [0.717, 1.165) is 24.1 Å². The molecule has 3 N–H and O–H groups in total. The monoisotopic (exact) mass is 503 g/mol. The van der Waals surface area contributed by atoms with Crippen LogP contribution in [0.4, 0.5) is 0 Å². The SMILES string of the molecule is CN=C(NCCSCc1ccc(CN(C)C)o1)NS(=O)(=O)c1cccc(S(=O)(=O)NC)c1. The number of hydrogen-bond acceptors (Lipinski definition) is 8. The zero-order valence-corrected chi connectivity index (χ0v) is 20.9. The van der Waals surface area contributed by atoms with Gasteiger partial charge in [-0.3, -0.25) is 4.99 Å². The zero-order chi connectivity index (χ0) is 23.8. The molecule has 0 spiro atoms.